The molecule has 1 saturated heterocycles. The number of fused-ring (bicyclic) bond motifs is 2. The molecule has 0 bridgehead atoms. The first-order chi connectivity index (χ1) is 16.0. The number of nitrogens with zero attached hydrogens (tertiary/aromatic N) is 3. The number of aromatic nitrogens is 2. The molecule has 3 heterocycles. The number of benzene rings is 2. The molecule has 2 aromatic heterocycles. The van der Waals surface area contributed by atoms with E-state index in [2.05, 4.69) is 17.3 Å². The SMILES string of the molecule is COc1noc2c(C)cc(C(=CCCN3CCOO3)c3cc(C)c4oc(=O)n(C)c4c3)cc12. The van der Waals surface area contributed by atoms with Gasteiger partial charge in [0.05, 0.1) is 31.2 Å². The van der Waals surface area contributed by atoms with Crippen LogP contribution in [0.5, 0.6) is 5.88 Å². The number of oxazole rings is 1. The maximum Gasteiger partial charge on any atom is 0.419 e. The van der Waals surface area contributed by atoms with Gasteiger partial charge in [0.15, 0.2) is 11.2 Å². The Hall–Kier alpha value is -3.40. The van der Waals surface area contributed by atoms with Gasteiger partial charge >= 0.3 is 5.76 Å². The fraction of sp³-hybridized carbons (Fsp3) is 0.333. The monoisotopic (exact) mass is 451 g/mol. The summed E-state index contributed by atoms with van der Waals surface area (Å²) >= 11 is 0. The molecule has 0 radical (unpaired) electrons. The quantitative estimate of drug-likeness (QED) is 0.408. The molecular formula is C24H25N3O6. The molecule has 33 heavy (non-hydrogen) atoms. The zero-order valence-corrected chi connectivity index (χ0v) is 19.0. The Morgan fingerprint density at radius 3 is 2.64 bits per heavy atom. The zero-order chi connectivity index (χ0) is 23.1. The highest BCUT2D eigenvalue weighted by atomic mass is 17.3. The molecule has 172 valence electrons. The van der Waals surface area contributed by atoms with E-state index in [1.165, 1.54) is 4.57 Å². The molecule has 0 spiro atoms. The molecule has 4 aromatic rings. The van der Waals surface area contributed by atoms with Crippen molar-refractivity contribution in [2.45, 2.75) is 20.3 Å². The van der Waals surface area contributed by atoms with Gasteiger partial charge < -0.3 is 13.7 Å². The fourth-order valence-electron chi connectivity index (χ4n) is 4.23. The Bertz CT molecular complexity index is 1420. The van der Waals surface area contributed by atoms with E-state index in [1.807, 2.05) is 32.0 Å². The highest BCUT2D eigenvalue weighted by Crippen LogP contribution is 2.35. The molecule has 9 nitrogen and oxygen atoms in total. The lowest BCUT2D eigenvalue weighted by Crippen LogP contribution is -2.18. The topological polar surface area (TPSA) is 92.1 Å². The molecule has 0 saturated carbocycles. The first-order valence-electron chi connectivity index (χ1n) is 10.8. The number of hydroxylamine groups is 2. The van der Waals surface area contributed by atoms with Crippen LogP contribution in [0.15, 0.2) is 44.1 Å². The summed E-state index contributed by atoms with van der Waals surface area (Å²) in [6.45, 7) is 5.90. The molecule has 1 aliphatic heterocycles. The molecule has 1 aliphatic rings. The zero-order valence-electron chi connectivity index (χ0n) is 19.0. The van der Waals surface area contributed by atoms with Crippen LogP contribution in [0.3, 0.4) is 0 Å². The second-order valence-corrected chi connectivity index (χ2v) is 8.16. The van der Waals surface area contributed by atoms with Crippen molar-refractivity contribution in [3.8, 4) is 5.88 Å². The van der Waals surface area contributed by atoms with E-state index >= 15 is 0 Å². The molecule has 2 aromatic carbocycles. The number of rotatable bonds is 6. The summed E-state index contributed by atoms with van der Waals surface area (Å²) < 4.78 is 17.8. The van der Waals surface area contributed by atoms with Crippen molar-refractivity contribution >= 4 is 27.6 Å². The lowest BCUT2D eigenvalue weighted by molar-refractivity contribution is -0.369. The summed E-state index contributed by atoms with van der Waals surface area (Å²) in [5.74, 6) is 0.0641. The highest BCUT2D eigenvalue weighted by Gasteiger charge is 2.18. The Kier molecular flexibility index (Phi) is 5.53. The van der Waals surface area contributed by atoms with Crippen molar-refractivity contribution in [1.82, 2.24) is 14.8 Å². The van der Waals surface area contributed by atoms with Crippen LogP contribution in [-0.4, -0.2) is 41.6 Å². The third-order valence-corrected chi connectivity index (χ3v) is 5.93. The maximum absolute atomic E-state index is 12.1. The van der Waals surface area contributed by atoms with E-state index in [-0.39, 0.29) is 5.76 Å². The largest absolute Gasteiger partial charge is 0.478 e. The average molecular weight is 451 g/mol. The molecule has 0 atom stereocenters. The summed E-state index contributed by atoms with van der Waals surface area (Å²) in [5.41, 5.74) is 6.87. The predicted octanol–water partition coefficient (Wildman–Crippen LogP) is 3.90. The van der Waals surface area contributed by atoms with Gasteiger partial charge in [-0.05, 0) is 77.5 Å². The first kappa shape index (κ1) is 21.4. The third-order valence-electron chi connectivity index (χ3n) is 5.93. The number of hydrogen-bond donors (Lipinski definition) is 0. The minimum absolute atomic E-state index is 0.381. The van der Waals surface area contributed by atoms with Crippen LogP contribution in [0, 0.1) is 13.8 Å². The van der Waals surface area contributed by atoms with Gasteiger partial charge in [-0.15, -0.1) is 4.99 Å². The van der Waals surface area contributed by atoms with Crippen molar-refractivity contribution in [1.29, 1.82) is 0 Å². The summed E-state index contributed by atoms with van der Waals surface area (Å²) in [6, 6.07) is 8.12. The van der Waals surface area contributed by atoms with Crippen molar-refractivity contribution in [2.24, 2.45) is 7.05 Å². The fourth-order valence-corrected chi connectivity index (χ4v) is 4.23. The Labute approximate surface area is 189 Å². The Morgan fingerprint density at radius 2 is 1.91 bits per heavy atom. The predicted molar refractivity (Wildman–Crippen MR) is 122 cm³/mol. The van der Waals surface area contributed by atoms with Crippen LogP contribution in [-0.2, 0) is 16.9 Å². The van der Waals surface area contributed by atoms with E-state index in [0.29, 0.717) is 30.2 Å². The second kappa shape index (κ2) is 8.51. The molecular weight excluding hydrogens is 426 g/mol. The molecule has 0 unspecified atom stereocenters. The van der Waals surface area contributed by atoms with Gasteiger partial charge in [-0.3, -0.25) is 4.57 Å². The van der Waals surface area contributed by atoms with Gasteiger partial charge in [-0.25, -0.2) is 9.68 Å². The Morgan fingerprint density at radius 1 is 1.15 bits per heavy atom. The highest BCUT2D eigenvalue weighted by molar-refractivity contribution is 5.93. The standard InChI is InChI=1S/C24H25N3O6/c1-14-10-16(12-19-21(14)32-25-23(19)29-4)18(6-5-7-27-8-9-30-33-27)17-11-15(2)22-20(13-17)26(3)24(28)31-22/h6,10-13H,5,7-9H2,1-4H3. The van der Waals surface area contributed by atoms with Gasteiger partial charge in [-0.1, -0.05) is 6.08 Å². The van der Waals surface area contributed by atoms with Crippen LogP contribution < -0.4 is 10.5 Å². The minimum Gasteiger partial charge on any atom is -0.478 e. The van der Waals surface area contributed by atoms with E-state index in [1.54, 1.807) is 19.2 Å². The van der Waals surface area contributed by atoms with Gasteiger partial charge in [0, 0.05) is 13.6 Å². The summed E-state index contributed by atoms with van der Waals surface area (Å²) in [6.07, 6.45) is 2.90. The molecule has 9 heteroatoms. The van der Waals surface area contributed by atoms with E-state index in [4.69, 9.17) is 23.6 Å². The van der Waals surface area contributed by atoms with Crippen LogP contribution in [0.2, 0.25) is 0 Å². The molecule has 0 aliphatic carbocycles. The first-order valence-corrected chi connectivity index (χ1v) is 10.8. The normalized spacial score (nSPS) is 15.2. The van der Waals surface area contributed by atoms with Crippen molar-refractivity contribution in [3.05, 3.63) is 63.1 Å². The average Bonchev–Trinajstić information content (AvgIpc) is 3.52. The van der Waals surface area contributed by atoms with Crippen molar-refractivity contribution < 1.29 is 23.6 Å². The maximum atomic E-state index is 12.1. The van der Waals surface area contributed by atoms with Crippen LogP contribution in [0.1, 0.15) is 28.7 Å². The third kappa shape index (κ3) is 3.84. The van der Waals surface area contributed by atoms with Gasteiger partial charge in [0.1, 0.15) is 0 Å². The molecule has 1 fully saturated rings. The lowest BCUT2D eigenvalue weighted by Gasteiger charge is -2.13. The minimum atomic E-state index is -0.381. The van der Waals surface area contributed by atoms with Crippen molar-refractivity contribution in [3.63, 3.8) is 0 Å². The van der Waals surface area contributed by atoms with Crippen LogP contribution >= 0.6 is 0 Å². The molecule has 0 amide bonds. The number of aryl methyl sites for hydroxylation is 3. The number of hydrogen-bond acceptors (Lipinski definition) is 8. The summed E-state index contributed by atoms with van der Waals surface area (Å²) in [7, 11) is 3.29. The summed E-state index contributed by atoms with van der Waals surface area (Å²) in [4.78, 5) is 22.2. The number of ether oxygens (including phenoxy) is 1. The van der Waals surface area contributed by atoms with E-state index in [9.17, 15) is 4.79 Å². The molecule has 0 N–H and O–H groups in total. The molecule has 5 rings (SSSR count). The second-order valence-electron chi connectivity index (χ2n) is 8.16. The van der Waals surface area contributed by atoms with E-state index < -0.39 is 0 Å². The van der Waals surface area contributed by atoms with Crippen LogP contribution in [0.4, 0.5) is 0 Å². The van der Waals surface area contributed by atoms with Gasteiger partial charge in [0.2, 0.25) is 0 Å². The smallest absolute Gasteiger partial charge is 0.419 e. The van der Waals surface area contributed by atoms with E-state index in [0.717, 1.165) is 51.7 Å². The number of methoxy groups -OCH3 is 1. The van der Waals surface area contributed by atoms with Crippen molar-refractivity contribution in [2.75, 3.05) is 26.8 Å². The van der Waals surface area contributed by atoms with Gasteiger partial charge in [0.25, 0.3) is 5.88 Å². The van der Waals surface area contributed by atoms with Crippen LogP contribution in [0.25, 0.3) is 27.6 Å². The Balaban J connectivity index is 1.65. The van der Waals surface area contributed by atoms with Gasteiger partial charge in [-0.2, -0.15) is 5.06 Å². The summed E-state index contributed by atoms with van der Waals surface area (Å²) in [5, 5.41) is 6.63. The lowest BCUT2D eigenvalue weighted by atomic mass is 9.93.